The number of nitrogens with one attached hydrogen (secondary N) is 2. The summed E-state index contributed by atoms with van der Waals surface area (Å²) in [6.07, 6.45) is 1.80. The Kier molecular flexibility index (Phi) is 8.20. The molecule has 1 aromatic heterocycles. The number of carbonyl (C=O) groups excluding carboxylic acids is 3. The number of hydrogen-bond acceptors (Lipinski definition) is 7. The van der Waals surface area contributed by atoms with E-state index < -0.39 is 5.82 Å². The number of ether oxygens (including phenoxy) is 1. The van der Waals surface area contributed by atoms with E-state index in [0.717, 1.165) is 45.7 Å². The molecule has 0 bridgehead atoms. The van der Waals surface area contributed by atoms with Crippen molar-refractivity contribution in [2.24, 2.45) is 0 Å². The van der Waals surface area contributed by atoms with Gasteiger partial charge < -0.3 is 20.3 Å². The van der Waals surface area contributed by atoms with Crippen molar-refractivity contribution in [3.05, 3.63) is 46.7 Å². The minimum Gasteiger partial charge on any atom is -0.379 e. The average molecular weight is 490 g/mol. The maximum atomic E-state index is 13.2. The lowest BCUT2D eigenvalue weighted by Crippen LogP contribution is -2.41. The third-order valence-corrected chi connectivity index (χ3v) is 6.45. The SMILES string of the molecule is O=C(Cc1csc(NC(=O)CN(C(=O)c2ccc(F)cc2)C2CC2)n1)NCCN1CCOCC1. The number of nitrogens with zero attached hydrogens (tertiary/aromatic N) is 3. The molecule has 1 aromatic carbocycles. The predicted octanol–water partition coefficient (Wildman–Crippen LogP) is 1.52. The van der Waals surface area contributed by atoms with Crippen LogP contribution in [0, 0.1) is 5.82 Å². The van der Waals surface area contributed by atoms with E-state index in [2.05, 4.69) is 20.5 Å². The van der Waals surface area contributed by atoms with Gasteiger partial charge in [-0.3, -0.25) is 19.3 Å². The van der Waals surface area contributed by atoms with Crippen molar-refractivity contribution < 1.29 is 23.5 Å². The van der Waals surface area contributed by atoms with Gasteiger partial charge in [-0.1, -0.05) is 0 Å². The van der Waals surface area contributed by atoms with Crippen molar-refractivity contribution in [3.8, 4) is 0 Å². The molecule has 0 radical (unpaired) electrons. The van der Waals surface area contributed by atoms with Gasteiger partial charge in [0.05, 0.1) is 25.3 Å². The summed E-state index contributed by atoms with van der Waals surface area (Å²) in [4.78, 5) is 45.6. The molecule has 1 saturated heterocycles. The second kappa shape index (κ2) is 11.5. The molecule has 0 spiro atoms. The van der Waals surface area contributed by atoms with E-state index in [1.165, 1.54) is 40.5 Å². The van der Waals surface area contributed by atoms with E-state index in [9.17, 15) is 18.8 Å². The number of rotatable bonds is 10. The molecule has 182 valence electrons. The Labute approximate surface area is 201 Å². The number of amides is 3. The number of carbonyl (C=O) groups is 3. The van der Waals surface area contributed by atoms with Gasteiger partial charge in [-0.05, 0) is 37.1 Å². The molecule has 1 aliphatic heterocycles. The van der Waals surface area contributed by atoms with E-state index in [1.54, 1.807) is 5.38 Å². The highest BCUT2D eigenvalue weighted by molar-refractivity contribution is 7.13. The Morgan fingerprint density at radius 1 is 1.15 bits per heavy atom. The number of anilines is 1. The van der Waals surface area contributed by atoms with Crippen LogP contribution in [0.4, 0.5) is 9.52 Å². The minimum absolute atomic E-state index is 0.0105. The molecule has 0 unspecified atom stereocenters. The van der Waals surface area contributed by atoms with Crippen LogP contribution in [0.25, 0.3) is 0 Å². The molecule has 4 rings (SSSR count). The van der Waals surface area contributed by atoms with Crippen LogP contribution in [-0.2, 0) is 20.7 Å². The lowest BCUT2D eigenvalue weighted by molar-refractivity contribution is -0.120. The number of morpholine rings is 1. The standard InChI is InChI=1S/C23H28FN5O4S/c24-17-3-1-16(2-4-17)22(32)29(19-5-6-19)14-21(31)27-23-26-18(15-34-23)13-20(30)25-7-8-28-9-11-33-12-10-28/h1-4,15,19H,5-14H2,(H,25,30)(H,26,27,31). The van der Waals surface area contributed by atoms with Crippen LogP contribution in [0.1, 0.15) is 28.9 Å². The van der Waals surface area contributed by atoms with Gasteiger partial charge in [0.2, 0.25) is 11.8 Å². The highest BCUT2D eigenvalue weighted by Crippen LogP contribution is 2.28. The second-order valence-corrected chi connectivity index (χ2v) is 9.20. The number of hydrogen-bond donors (Lipinski definition) is 2. The van der Waals surface area contributed by atoms with Crippen molar-refractivity contribution >= 4 is 34.2 Å². The summed E-state index contributed by atoms with van der Waals surface area (Å²) >= 11 is 1.23. The molecule has 11 heteroatoms. The van der Waals surface area contributed by atoms with Gasteiger partial charge in [0.1, 0.15) is 12.4 Å². The summed E-state index contributed by atoms with van der Waals surface area (Å²) in [5.41, 5.74) is 0.919. The largest absolute Gasteiger partial charge is 0.379 e. The molecule has 2 aliphatic rings. The van der Waals surface area contributed by atoms with Crippen LogP contribution in [-0.4, -0.2) is 84.5 Å². The quantitative estimate of drug-likeness (QED) is 0.525. The Bertz CT molecular complexity index is 1010. The van der Waals surface area contributed by atoms with Crippen LogP contribution < -0.4 is 10.6 Å². The fourth-order valence-electron chi connectivity index (χ4n) is 3.68. The zero-order valence-electron chi connectivity index (χ0n) is 18.8. The first-order chi connectivity index (χ1) is 16.5. The third-order valence-electron chi connectivity index (χ3n) is 5.65. The van der Waals surface area contributed by atoms with Crippen LogP contribution in [0.15, 0.2) is 29.6 Å². The zero-order chi connectivity index (χ0) is 23.9. The van der Waals surface area contributed by atoms with Gasteiger partial charge in [0.15, 0.2) is 5.13 Å². The molecule has 34 heavy (non-hydrogen) atoms. The number of thiazole rings is 1. The summed E-state index contributed by atoms with van der Waals surface area (Å²) in [6.45, 7) is 4.42. The van der Waals surface area contributed by atoms with E-state index in [0.29, 0.717) is 22.9 Å². The third kappa shape index (κ3) is 7.05. The maximum Gasteiger partial charge on any atom is 0.254 e. The number of halogens is 1. The maximum absolute atomic E-state index is 13.2. The van der Waals surface area contributed by atoms with Crippen molar-refractivity contribution in [1.29, 1.82) is 0 Å². The van der Waals surface area contributed by atoms with E-state index in [4.69, 9.17) is 4.74 Å². The summed E-state index contributed by atoms with van der Waals surface area (Å²) < 4.78 is 18.5. The van der Waals surface area contributed by atoms with Crippen molar-refractivity contribution in [2.75, 3.05) is 51.3 Å². The fraction of sp³-hybridized carbons (Fsp3) is 0.478. The van der Waals surface area contributed by atoms with E-state index in [1.807, 2.05) is 0 Å². The fourth-order valence-corrected chi connectivity index (χ4v) is 4.40. The number of aromatic nitrogens is 1. The molecule has 9 nitrogen and oxygen atoms in total. The van der Waals surface area contributed by atoms with Gasteiger partial charge in [0, 0.05) is 43.2 Å². The summed E-state index contributed by atoms with van der Waals surface area (Å²) in [6, 6.07) is 5.31. The number of benzene rings is 1. The van der Waals surface area contributed by atoms with Gasteiger partial charge >= 0.3 is 0 Å². The molecule has 2 aromatic rings. The van der Waals surface area contributed by atoms with E-state index in [-0.39, 0.29) is 36.7 Å². The average Bonchev–Trinajstić information content (AvgIpc) is 3.58. The highest BCUT2D eigenvalue weighted by atomic mass is 32.1. The zero-order valence-corrected chi connectivity index (χ0v) is 19.6. The Balaban J connectivity index is 1.23. The molecular formula is C23H28FN5O4S. The molecule has 2 N–H and O–H groups in total. The van der Waals surface area contributed by atoms with Gasteiger partial charge in [-0.2, -0.15) is 0 Å². The minimum atomic E-state index is -0.419. The summed E-state index contributed by atoms with van der Waals surface area (Å²) in [5.74, 6) is -1.21. The van der Waals surface area contributed by atoms with Crippen LogP contribution >= 0.6 is 11.3 Å². The molecule has 2 fully saturated rings. The van der Waals surface area contributed by atoms with Crippen LogP contribution in [0.3, 0.4) is 0 Å². The summed E-state index contributed by atoms with van der Waals surface area (Å²) in [7, 11) is 0. The second-order valence-electron chi connectivity index (χ2n) is 8.34. The van der Waals surface area contributed by atoms with Gasteiger partial charge in [-0.15, -0.1) is 11.3 Å². The highest BCUT2D eigenvalue weighted by Gasteiger charge is 2.34. The van der Waals surface area contributed by atoms with Crippen LogP contribution in [0.5, 0.6) is 0 Å². The van der Waals surface area contributed by atoms with E-state index >= 15 is 0 Å². The van der Waals surface area contributed by atoms with Crippen molar-refractivity contribution in [2.45, 2.75) is 25.3 Å². The van der Waals surface area contributed by atoms with Crippen LogP contribution in [0.2, 0.25) is 0 Å². The molecule has 3 amide bonds. The Morgan fingerprint density at radius 3 is 2.59 bits per heavy atom. The first-order valence-electron chi connectivity index (χ1n) is 11.4. The lowest BCUT2D eigenvalue weighted by Gasteiger charge is -2.26. The normalized spacial score (nSPS) is 16.1. The smallest absolute Gasteiger partial charge is 0.254 e. The first kappa shape index (κ1) is 24.2. The van der Waals surface area contributed by atoms with Gasteiger partial charge in [0.25, 0.3) is 5.91 Å². The molecule has 1 aliphatic carbocycles. The molecule has 2 heterocycles. The van der Waals surface area contributed by atoms with Crippen molar-refractivity contribution in [1.82, 2.24) is 20.1 Å². The lowest BCUT2D eigenvalue weighted by atomic mass is 10.2. The monoisotopic (exact) mass is 489 g/mol. The first-order valence-corrected chi connectivity index (χ1v) is 12.2. The topological polar surface area (TPSA) is 104 Å². The molecular weight excluding hydrogens is 461 g/mol. The summed E-state index contributed by atoms with van der Waals surface area (Å²) in [5, 5.41) is 7.72. The van der Waals surface area contributed by atoms with Crippen molar-refractivity contribution in [3.63, 3.8) is 0 Å². The molecule has 0 atom stereocenters. The Morgan fingerprint density at radius 2 is 1.88 bits per heavy atom. The predicted molar refractivity (Wildman–Crippen MR) is 125 cm³/mol. The Hall–Kier alpha value is -2.89. The van der Waals surface area contributed by atoms with Gasteiger partial charge in [-0.25, -0.2) is 9.37 Å². The molecule has 1 saturated carbocycles.